The van der Waals surface area contributed by atoms with Crippen LogP contribution in [0.5, 0.6) is 0 Å². The van der Waals surface area contributed by atoms with Crippen LogP contribution in [0, 0.1) is 5.82 Å². The normalized spacial score (nSPS) is 11.3. The summed E-state index contributed by atoms with van der Waals surface area (Å²) in [6, 6.07) is 17.7. The molecule has 0 aliphatic rings. The molecule has 3 N–H and O–H groups in total. The number of nitrogens with one attached hydrogen (secondary N) is 1. The molecule has 0 aliphatic carbocycles. The van der Waals surface area contributed by atoms with Crippen molar-refractivity contribution in [2.24, 2.45) is 5.14 Å². The second-order valence-electron chi connectivity index (χ2n) is 6.50. The minimum Gasteiger partial charge on any atom is -0.334 e. The van der Waals surface area contributed by atoms with E-state index in [2.05, 4.69) is 15.5 Å². The number of aromatic nitrogens is 2. The van der Waals surface area contributed by atoms with Gasteiger partial charge in [0, 0.05) is 11.3 Å². The summed E-state index contributed by atoms with van der Waals surface area (Å²) in [5.41, 5.74) is 1.62. The van der Waals surface area contributed by atoms with Gasteiger partial charge in [-0.2, -0.15) is 4.98 Å². The average molecular weight is 438 g/mol. The number of halogens is 1. The smallest absolute Gasteiger partial charge is 0.259 e. The largest absolute Gasteiger partial charge is 0.334 e. The van der Waals surface area contributed by atoms with Gasteiger partial charge in [0.15, 0.2) is 0 Å². The van der Waals surface area contributed by atoms with E-state index >= 15 is 0 Å². The number of carbonyl (C=O) groups excluding carboxylic acids is 1. The monoisotopic (exact) mass is 438 g/mol. The molecule has 4 aromatic rings. The van der Waals surface area contributed by atoms with E-state index in [-0.39, 0.29) is 28.0 Å². The van der Waals surface area contributed by atoms with Gasteiger partial charge in [0.2, 0.25) is 15.8 Å². The summed E-state index contributed by atoms with van der Waals surface area (Å²) in [6.07, 6.45) is 0. The number of sulfonamides is 1. The summed E-state index contributed by atoms with van der Waals surface area (Å²) >= 11 is 0. The molecule has 0 saturated heterocycles. The molecule has 31 heavy (non-hydrogen) atoms. The number of hydrogen-bond acceptors (Lipinski definition) is 6. The lowest BCUT2D eigenvalue weighted by Gasteiger charge is -2.08. The second kappa shape index (κ2) is 8.09. The predicted octanol–water partition coefficient (Wildman–Crippen LogP) is 3.44. The molecule has 0 atom stereocenters. The third kappa shape index (κ3) is 4.49. The number of anilines is 1. The summed E-state index contributed by atoms with van der Waals surface area (Å²) in [4.78, 5) is 17.1. The van der Waals surface area contributed by atoms with Crippen molar-refractivity contribution in [2.45, 2.75) is 4.90 Å². The Bertz CT molecular complexity index is 1350. The quantitative estimate of drug-likeness (QED) is 0.491. The van der Waals surface area contributed by atoms with Crippen molar-refractivity contribution < 1.29 is 22.1 Å². The van der Waals surface area contributed by atoms with E-state index in [1.807, 2.05) is 0 Å². The van der Waals surface area contributed by atoms with Crippen molar-refractivity contribution in [3.63, 3.8) is 0 Å². The number of hydrogen-bond donors (Lipinski definition) is 2. The second-order valence-corrected chi connectivity index (χ2v) is 8.06. The van der Waals surface area contributed by atoms with Crippen molar-refractivity contribution in [2.75, 3.05) is 5.32 Å². The maximum Gasteiger partial charge on any atom is 0.259 e. The maximum absolute atomic E-state index is 13.1. The molecule has 1 heterocycles. The van der Waals surface area contributed by atoms with E-state index in [0.29, 0.717) is 16.8 Å². The van der Waals surface area contributed by atoms with E-state index in [1.165, 1.54) is 48.5 Å². The van der Waals surface area contributed by atoms with Crippen LogP contribution in [-0.4, -0.2) is 24.5 Å². The lowest BCUT2D eigenvalue weighted by molar-refractivity contribution is 0.102. The Balaban J connectivity index is 1.60. The minimum atomic E-state index is -3.83. The summed E-state index contributed by atoms with van der Waals surface area (Å²) < 4.78 is 41.2. The molecule has 156 valence electrons. The number of nitrogens with zero attached hydrogens (tertiary/aromatic N) is 2. The van der Waals surface area contributed by atoms with E-state index in [1.54, 1.807) is 24.3 Å². The summed E-state index contributed by atoms with van der Waals surface area (Å²) in [6.45, 7) is 0. The van der Waals surface area contributed by atoms with E-state index in [4.69, 9.17) is 9.66 Å². The zero-order chi connectivity index (χ0) is 22.0. The first kappa shape index (κ1) is 20.4. The van der Waals surface area contributed by atoms with Crippen LogP contribution in [0.1, 0.15) is 10.4 Å². The van der Waals surface area contributed by atoms with Crippen LogP contribution in [0.4, 0.5) is 10.1 Å². The molecule has 1 amide bonds. The van der Waals surface area contributed by atoms with Gasteiger partial charge in [-0.25, -0.2) is 17.9 Å². The van der Waals surface area contributed by atoms with E-state index in [0.717, 1.165) is 0 Å². The number of primary sulfonamides is 1. The van der Waals surface area contributed by atoms with Gasteiger partial charge in [0.1, 0.15) is 5.82 Å². The number of carbonyl (C=O) groups is 1. The Morgan fingerprint density at radius 1 is 0.968 bits per heavy atom. The zero-order valence-corrected chi connectivity index (χ0v) is 16.6. The highest BCUT2D eigenvalue weighted by Crippen LogP contribution is 2.26. The molecule has 3 aromatic carbocycles. The van der Waals surface area contributed by atoms with Gasteiger partial charge in [-0.15, -0.1) is 0 Å². The van der Waals surface area contributed by atoms with E-state index < -0.39 is 15.9 Å². The van der Waals surface area contributed by atoms with Crippen molar-refractivity contribution in [1.82, 2.24) is 10.1 Å². The SMILES string of the molecule is NS(=O)(=O)c1ccc(NC(=O)c2ccccc2-c2nc(-c3ccc(F)cc3)no2)cc1. The molecule has 0 spiro atoms. The molecule has 0 radical (unpaired) electrons. The van der Waals surface area contributed by atoms with Crippen molar-refractivity contribution >= 4 is 21.6 Å². The number of nitrogens with two attached hydrogens (primary N) is 1. The third-order valence-electron chi connectivity index (χ3n) is 4.37. The third-order valence-corrected chi connectivity index (χ3v) is 5.30. The van der Waals surface area contributed by atoms with Crippen LogP contribution >= 0.6 is 0 Å². The van der Waals surface area contributed by atoms with Gasteiger partial charge in [0.05, 0.1) is 16.0 Å². The molecule has 0 unspecified atom stereocenters. The molecular weight excluding hydrogens is 423 g/mol. The number of rotatable bonds is 5. The van der Waals surface area contributed by atoms with Gasteiger partial charge in [-0.1, -0.05) is 17.3 Å². The zero-order valence-electron chi connectivity index (χ0n) is 15.8. The maximum atomic E-state index is 13.1. The highest BCUT2D eigenvalue weighted by Gasteiger charge is 2.18. The van der Waals surface area contributed by atoms with Gasteiger partial charge < -0.3 is 9.84 Å². The van der Waals surface area contributed by atoms with Crippen molar-refractivity contribution in [3.05, 3.63) is 84.2 Å². The highest BCUT2D eigenvalue weighted by atomic mass is 32.2. The van der Waals surface area contributed by atoms with Crippen LogP contribution < -0.4 is 10.5 Å². The molecule has 0 bridgehead atoms. The molecule has 4 rings (SSSR count). The van der Waals surface area contributed by atoms with Crippen LogP contribution in [-0.2, 0) is 10.0 Å². The van der Waals surface area contributed by atoms with Gasteiger partial charge in [-0.05, 0) is 60.7 Å². The first-order chi connectivity index (χ1) is 14.8. The lowest BCUT2D eigenvalue weighted by atomic mass is 10.1. The highest BCUT2D eigenvalue weighted by molar-refractivity contribution is 7.89. The van der Waals surface area contributed by atoms with Crippen LogP contribution in [0.2, 0.25) is 0 Å². The topological polar surface area (TPSA) is 128 Å². The van der Waals surface area contributed by atoms with Crippen LogP contribution in [0.15, 0.2) is 82.2 Å². The van der Waals surface area contributed by atoms with Crippen LogP contribution in [0.25, 0.3) is 22.8 Å². The Morgan fingerprint density at radius 2 is 1.65 bits per heavy atom. The number of benzene rings is 3. The predicted molar refractivity (Wildman–Crippen MR) is 111 cm³/mol. The summed E-state index contributed by atoms with van der Waals surface area (Å²) in [7, 11) is -3.83. The summed E-state index contributed by atoms with van der Waals surface area (Å²) in [5, 5.41) is 11.7. The summed E-state index contributed by atoms with van der Waals surface area (Å²) in [5.74, 6) is -0.467. The first-order valence-corrected chi connectivity index (χ1v) is 10.5. The Kier molecular flexibility index (Phi) is 5.32. The van der Waals surface area contributed by atoms with Gasteiger partial charge in [-0.3, -0.25) is 4.79 Å². The molecular formula is C21H15FN4O4S. The fraction of sp³-hybridized carbons (Fsp3) is 0. The molecule has 0 fully saturated rings. The Morgan fingerprint density at radius 3 is 2.32 bits per heavy atom. The molecule has 0 aliphatic heterocycles. The fourth-order valence-electron chi connectivity index (χ4n) is 2.84. The first-order valence-electron chi connectivity index (χ1n) is 8.94. The lowest BCUT2D eigenvalue weighted by Crippen LogP contribution is -2.14. The average Bonchev–Trinajstić information content (AvgIpc) is 3.24. The van der Waals surface area contributed by atoms with Crippen molar-refractivity contribution in [1.29, 1.82) is 0 Å². The van der Waals surface area contributed by atoms with E-state index in [9.17, 15) is 17.6 Å². The van der Waals surface area contributed by atoms with Gasteiger partial charge in [0.25, 0.3) is 11.8 Å². The molecule has 8 nitrogen and oxygen atoms in total. The molecule has 0 saturated carbocycles. The van der Waals surface area contributed by atoms with Crippen molar-refractivity contribution in [3.8, 4) is 22.8 Å². The minimum absolute atomic E-state index is 0.0647. The fourth-order valence-corrected chi connectivity index (χ4v) is 3.36. The molecule has 1 aromatic heterocycles. The van der Waals surface area contributed by atoms with Gasteiger partial charge >= 0.3 is 0 Å². The Hall–Kier alpha value is -3.89. The number of amides is 1. The standard InChI is InChI=1S/C21H15FN4O4S/c22-14-7-5-13(6-8-14)19-25-21(30-26-19)18-4-2-1-3-17(18)20(27)24-15-9-11-16(12-10-15)31(23,28)29/h1-12H,(H,24,27)(H2,23,28,29). The Labute approximate surface area is 176 Å². The van der Waals surface area contributed by atoms with Crippen LogP contribution in [0.3, 0.4) is 0 Å². The molecule has 10 heteroatoms.